The number of carbonyl (C=O) groups is 1. The van der Waals surface area contributed by atoms with Crippen LogP contribution in [0.4, 0.5) is 0 Å². The first kappa shape index (κ1) is 9.58. The summed E-state index contributed by atoms with van der Waals surface area (Å²) in [4.78, 5) is 10.9. The van der Waals surface area contributed by atoms with Gasteiger partial charge in [-0.05, 0) is 30.7 Å². The number of aromatic carboxylic acids is 1. The van der Waals surface area contributed by atoms with E-state index in [1.54, 1.807) is 17.7 Å². The van der Waals surface area contributed by atoms with Crippen LogP contribution in [0.25, 0.3) is 10.9 Å². The van der Waals surface area contributed by atoms with E-state index in [1.165, 1.54) is 6.07 Å². The lowest BCUT2D eigenvalue weighted by molar-refractivity contribution is 0.0687. The largest absolute Gasteiger partial charge is 0.507 e. The molecule has 0 saturated heterocycles. The molecule has 0 bridgehead atoms. The number of aromatic nitrogens is 1. The number of phenolic OH excluding ortho intramolecular Hbond substituents is 1. The number of hydrogen-bond donors (Lipinski definition) is 2. The molecule has 0 radical (unpaired) electrons. The number of phenols is 1. The predicted molar refractivity (Wildman–Crippen MR) is 56.3 cm³/mol. The van der Waals surface area contributed by atoms with Crippen molar-refractivity contribution in [1.82, 2.24) is 4.57 Å². The molecule has 0 unspecified atom stereocenters. The highest BCUT2D eigenvalue weighted by molar-refractivity contribution is 5.97. The van der Waals surface area contributed by atoms with Gasteiger partial charge in [0.1, 0.15) is 11.4 Å². The van der Waals surface area contributed by atoms with Crippen molar-refractivity contribution in [2.75, 3.05) is 0 Å². The van der Waals surface area contributed by atoms with Crippen LogP contribution in [-0.4, -0.2) is 20.7 Å². The summed E-state index contributed by atoms with van der Waals surface area (Å²) in [6.07, 6.45) is 0. The van der Waals surface area contributed by atoms with Gasteiger partial charge in [-0.3, -0.25) is 0 Å². The maximum absolute atomic E-state index is 10.9. The average molecular weight is 205 g/mol. The van der Waals surface area contributed by atoms with Gasteiger partial charge in [-0.15, -0.1) is 0 Å². The number of aromatic hydroxyl groups is 1. The summed E-state index contributed by atoms with van der Waals surface area (Å²) in [5, 5.41) is 19.2. The average Bonchev–Trinajstić information content (AvgIpc) is 2.44. The van der Waals surface area contributed by atoms with Crippen molar-refractivity contribution in [3.05, 3.63) is 29.5 Å². The fourth-order valence-electron chi connectivity index (χ4n) is 1.75. The van der Waals surface area contributed by atoms with Crippen molar-refractivity contribution < 1.29 is 15.0 Å². The smallest absolute Gasteiger partial charge is 0.352 e. The molecule has 2 aromatic rings. The lowest BCUT2D eigenvalue weighted by Gasteiger charge is -2.01. The van der Waals surface area contributed by atoms with Crippen LogP contribution in [0, 0.1) is 6.92 Å². The van der Waals surface area contributed by atoms with Gasteiger partial charge in [0.15, 0.2) is 0 Å². The highest BCUT2D eigenvalue weighted by Crippen LogP contribution is 2.28. The number of benzene rings is 1. The summed E-state index contributed by atoms with van der Waals surface area (Å²) in [5.41, 5.74) is 1.80. The molecule has 0 saturated carbocycles. The van der Waals surface area contributed by atoms with Crippen molar-refractivity contribution in [3.63, 3.8) is 0 Å². The second-order valence-corrected chi connectivity index (χ2v) is 3.61. The van der Waals surface area contributed by atoms with Crippen molar-refractivity contribution >= 4 is 16.9 Å². The Balaban J connectivity index is 2.88. The predicted octanol–water partition coefficient (Wildman–Crippen LogP) is 1.89. The Labute approximate surface area is 86.4 Å². The molecule has 1 heterocycles. The molecule has 0 amide bonds. The minimum absolute atomic E-state index is 0.119. The Bertz CT molecular complexity index is 554. The van der Waals surface area contributed by atoms with Gasteiger partial charge in [-0.2, -0.15) is 0 Å². The molecule has 15 heavy (non-hydrogen) atoms. The minimum atomic E-state index is -0.995. The van der Waals surface area contributed by atoms with Crippen LogP contribution in [0.2, 0.25) is 0 Å². The summed E-state index contributed by atoms with van der Waals surface area (Å²) >= 11 is 0. The molecule has 0 atom stereocenters. The molecule has 0 spiro atoms. The lowest BCUT2D eigenvalue weighted by atomic mass is 10.1. The molecular formula is C11H11NO3. The van der Waals surface area contributed by atoms with E-state index in [-0.39, 0.29) is 11.4 Å². The van der Waals surface area contributed by atoms with E-state index >= 15 is 0 Å². The van der Waals surface area contributed by atoms with Crippen LogP contribution >= 0.6 is 0 Å². The van der Waals surface area contributed by atoms with Crippen LogP contribution < -0.4 is 0 Å². The molecule has 4 nitrogen and oxygen atoms in total. The third kappa shape index (κ3) is 1.34. The van der Waals surface area contributed by atoms with E-state index < -0.39 is 5.97 Å². The van der Waals surface area contributed by atoms with Crippen LogP contribution in [0.1, 0.15) is 16.1 Å². The summed E-state index contributed by atoms with van der Waals surface area (Å²) in [5.74, 6) is -0.876. The molecule has 78 valence electrons. The fourth-order valence-corrected chi connectivity index (χ4v) is 1.75. The number of aryl methyl sites for hydroxylation is 2. The minimum Gasteiger partial charge on any atom is -0.507 e. The third-order valence-electron chi connectivity index (χ3n) is 2.50. The van der Waals surface area contributed by atoms with E-state index in [0.717, 1.165) is 11.1 Å². The number of nitrogens with zero attached hydrogens (tertiary/aromatic N) is 1. The first-order valence-electron chi connectivity index (χ1n) is 4.53. The Morgan fingerprint density at radius 2 is 2.00 bits per heavy atom. The number of carboxylic acids is 1. The standard InChI is InChI=1S/C11H11NO3/c1-6-3-8-7(10(13)4-6)5-9(11(14)15)12(8)2/h3-5,13H,1-2H3,(H,14,15). The van der Waals surface area contributed by atoms with Gasteiger partial charge in [-0.25, -0.2) is 4.79 Å². The van der Waals surface area contributed by atoms with Crippen LogP contribution in [0.3, 0.4) is 0 Å². The van der Waals surface area contributed by atoms with Crippen LogP contribution in [-0.2, 0) is 7.05 Å². The number of rotatable bonds is 1. The van der Waals surface area contributed by atoms with Crippen molar-refractivity contribution in [2.45, 2.75) is 6.92 Å². The van der Waals surface area contributed by atoms with Gasteiger partial charge in [0.25, 0.3) is 0 Å². The summed E-state index contributed by atoms with van der Waals surface area (Å²) in [6.45, 7) is 1.85. The number of fused-ring (bicyclic) bond motifs is 1. The van der Waals surface area contributed by atoms with E-state index in [0.29, 0.717) is 5.39 Å². The Morgan fingerprint density at radius 3 is 2.60 bits per heavy atom. The maximum Gasteiger partial charge on any atom is 0.352 e. The Hall–Kier alpha value is -1.97. The molecule has 2 rings (SSSR count). The lowest BCUT2D eigenvalue weighted by Crippen LogP contribution is -2.03. The van der Waals surface area contributed by atoms with Gasteiger partial charge < -0.3 is 14.8 Å². The monoisotopic (exact) mass is 205 g/mol. The van der Waals surface area contributed by atoms with E-state index in [2.05, 4.69) is 0 Å². The van der Waals surface area contributed by atoms with Crippen LogP contribution in [0.15, 0.2) is 18.2 Å². The maximum atomic E-state index is 10.9. The highest BCUT2D eigenvalue weighted by atomic mass is 16.4. The second-order valence-electron chi connectivity index (χ2n) is 3.61. The molecular weight excluding hydrogens is 194 g/mol. The van der Waals surface area contributed by atoms with Crippen LogP contribution in [0.5, 0.6) is 5.75 Å². The molecule has 0 aliphatic rings. The summed E-state index contributed by atoms with van der Waals surface area (Å²) in [6, 6.07) is 4.95. The second kappa shape index (κ2) is 3.02. The highest BCUT2D eigenvalue weighted by Gasteiger charge is 2.14. The molecule has 1 aromatic carbocycles. The number of hydrogen-bond acceptors (Lipinski definition) is 2. The quantitative estimate of drug-likeness (QED) is 0.747. The van der Waals surface area contributed by atoms with Gasteiger partial charge in [-0.1, -0.05) is 0 Å². The zero-order valence-electron chi connectivity index (χ0n) is 8.48. The van der Waals surface area contributed by atoms with Gasteiger partial charge in [0.2, 0.25) is 0 Å². The SMILES string of the molecule is Cc1cc(O)c2cc(C(=O)O)n(C)c2c1. The third-order valence-corrected chi connectivity index (χ3v) is 2.50. The molecule has 2 N–H and O–H groups in total. The van der Waals surface area contributed by atoms with Crippen molar-refractivity contribution in [1.29, 1.82) is 0 Å². The summed E-state index contributed by atoms with van der Waals surface area (Å²) in [7, 11) is 1.67. The molecule has 4 heteroatoms. The zero-order chi connectivity index (χ0) is 11.2. The first-order chi connectivity index (χ1) is 7.00. The van der Waals surface area contributed by atoms with E-state index in [9.17, 15) is 9.90 Å². The van der Waals surface area contributed by atoms with Gasteiger partial charge in [0.05, 0.1) is 5.52 Å². The molecule has 0 fully saturated rings. The van der Waals surface area contributed by atoms with Gasteiger partial charge in [0, 0.05) is 12.4 Å². The Kier molecular flexibility index (Phi) is 1.93. The molecule has 0 aliphatic carbocycles. The topological polar surface area (TPSA) is 62.5 Å². The zero-order valence-corrected chi connectivity index (χ0v) is 8.48. The van der Waals surface area contributed by atoms with E-state index in [4.69, 9.17) is 5.11 Å². The van der Waals surface area contributed by atoms with Gasteiger partial charge >= 0.3 is 5.97 Å². The number of carboxylic acid groups (broad SMARTS) is 1. The molecule has 0 aliphatic heterocycles. The first-order valence-corrected chi connectivity index (χ1v) is 4.53. The Morgan fingerprint density at radius 1 is 1.33 bits per heavy atom. The van der Waals surface area contributed by atoms with Crippen molar-refractivity contribution in [2.24, 2.45) is 7.05 Å². The van der Waals surface area contributed by atoms with E-state index in [1.807, 2.05) is 13.0 Å². The normalized spacial score (nSPS) is 10.8. The van der Waals surface area contributed by atoms with Crippen molar-refractivity contribution in [3.8, 4) is 5.75 Å². The molecule has 1 aromatic heterocycles. The fraction of sp³-hybridized carbons (Fsp3) is 0.182. The summed E-state index contributed by atoms with van der Waals surface area (Å²) < 4.78 is 1.56.